The van der Waals surface area contributed by atoms with Gasteiger partial charge in [-0.3, -0.25) is 4.90 Å². The molecule has 0 aliphatic heterocycles. The van der Waals surface area contributed by atoms with Gasteiger partial charge < -0.3 is 9.26 Å². The monoisotopic (exact) mass is 402 g/mol. The SMILES string of the molecule is COc1ccc(-c2noc(CN(C)C(C)c3ccc(S(N)(=O)=O)cc3)n2)cc1. The highest BCUT2D eigenvalue weighted by Gasteiger charge is 2.17. The predicted octanol–water partition coefficient (Wildman–Crippen LogP) is 2.59. The van der Waals surface area contributed by atoms with Crippen molar-refractivity contribution in [2.24, 2.45) is 5.14 Å². The minimum atomic E-state index is -3.70. The summed E-state index contributed by atoms with van der Waals surface area (Å²) >= 11 is 0. The van der Waals surface area contributed by atoms with Gasteiger partial charge in [-0.15, -0.1) is 0 Å². The third kappa shape index (κ3) is 4.56. The third-order valence-corrected chi connectivity index (χ3v) is 5.48. The Morgan fingerprint density at radius 1 is 1.14 bits per heavy atom. The smallest absolute Gasteiger partial charge is 0.241 e. The highest BCUT2D eigenvalue weighted by Crippen LogP contribution is 2.23. The number of hydrogen-bond acceptors (Lipinski definition) is 7. The Morgan fingerprint density at radius 2 is 1.79 bits per heavy atom. The highest BCUT2D eigenvalue weighted by molar-refractivity contribution is 7.89. The van der Waals surface area contributed by atoms with Gasteiger partial charge in [-0.1, -0.05) is 17.3 Å². The van der Waals surface area contributed by atoms with Gasteiger partial charge in [0.15, 0.2) is 0 Å². The van der Waals surface area contributed by atoms with Crippen LogP contribution in [0.2, 0.25) is 0 Å². The lowest BCUT2D eigenvalue weighted by Gasteiger charge is -2.23. The number of ether oxygens (including phenoxy) is 1. The molecule has 1 aromatic heterocycles. The first-order chi connectivity index (χ1) is 13.3. The molecule has 1 heterocycles. The van der Waals surface area contributed by atoms with E-state index in [9.17, 15) is 8.42 Å². The van der Waals surface area contributed by atoms with Gasteiger partial charge in [-0.25, -0.2) is 13.6 Å². The molecule has 0 spiro atoms. The van der Waals surface area contributed by atoms with Crippen LogP contribution in [0.3, 0.4) is 0 Å². The molecule has 0 saturated carbocycles. The van der Waals surface area contributed by atoms with E-state index in [-0.39, 0.29) is 10.9 Å². The number of hydrogen-bond donors (Lipinski definition) is 1. The number of methoxy groups -OCH3 is 1. The van der Waals surface area contributed by atoms with E-state index in [4.69, 9.17) is 14.4 Å². The lowest BCUT2D eigenvalue weighted by Crippen LogP contribution is -2.22. The summed E-state index contributed by atoms with van der Waals surface area (Å²) in [5.74, 6) is 1.76. The molecule has 9 heteroatoms. The maximum absolute atomic E-state index is 11.4. The fraction of sp³-hybridized carbons (Fsp3) is 0.263. The largest absolute Gasteiger partial charge is 0.497 e. The van der Waals surface area contributed by atoms with Gasteiger partial charge >= 0.3 is 0 Å². The van der Waals surface area contributed by atoms with Crippen molar-refractivity contribution < 1.29 is 17.7 Å². The van der Waals surface area contributed by atoms with Crippen LogP contribution in [0.25, 0.3) is 11.4 Å². The van der Waals surface area contributed by atoms with Crippen LogP contribution in [0.15, 0.2) is 57.9 Å². The molecule has 148 valence electrons. The van der Waals surface area contributed by atoms with Gasteiger partial charge in [0.25, 0.3) is 0 Å². The number of nitrogens with zero attached hydrogens (tertiary/aromatic N) is 3. The summed E-state index contributed by atoms with van der Waals surface area (Å²) in [6, 6.07) is 13.9. The minimum Gasteiger partial charge on any atom is -0.497 e. The number of nitrogens with two attached hydrogens (primary N) is 1. The van der Waals surface area contributed by atoms with Gasteiger partial charge in [0, 0.05) is 11.6 Å². The number of aromatic nitrogens is 2. The minimum absolute atomic E-state index is 0.00543. The molecule has 0 amide bonds. The maximum atomic E-state index is 11.4. The zero-order valence-electron chi connectivity index (χ0n) is 15.9. The number of benzene rings is 2. The Hall–Kier alpha value is -2.75. The molecule has 3 aromatic rings. The predicted molar refractivity (Wildman–Crippen MR) is 104 cm³/mol. The van der Waals surface area contributed by atoms with Gasteiger partial charge in [-0.2, -0.15) is 4.98 Å². The second kappa shape index (κ2) is 8.09. The van der Waals surface area contributed by atoms with Crippen LogP contribution < -0.4 is 9.88 Å². The Morgan fingerprint density at radius 3 is 2.36 bits per heavy atom. The quantitative estimate of drug-likeness (QED) is 0.646. The Balaban J connectivity index is 1.68. The van der Waals surface area contributed by atoms with Crippen molar-refractivity contribution in [1.82, 2.24) is 15.0 Å². The van der Waals surface area contributed by atoms with Crippen molar-refractivity contribution in [1.29, 1.82) is 0 Å². The summed E-state index contributed by atoms with van der Waals surface area (Å²) < 4.78 is 33.3. The fourth-order valence-corrected chi connectivity index (χ4v) is 3.23. The van der Waals surface area contributed by atoms with Crippen molar-refractivity contribution in [2.75, 3.05) is 14.2 Å². The number of sulfonamides is 1. The fourth-order valence-electron chi connectivity index (χ4n) is 2.72. The molecule has 0 bridgehead atoms. The van der Waals surface area contributed by atoms with Crippen LogP contribution in [0.5, 0.6) is 5.75 Å². The zero-order valence-corrected chi connectivity index (χ0v) is 16.7. The standard InChI is InChI=1S/C19H22N4O4S/c1-13(14-6-10-17(11-7-14)28(20,24)25)23(2)12-18-21-19(22-27-18)15-4-8-16(26-3)9-5-15/h4-11,13H,12H2,1-3H3,(H2,20,24,25). The van der Waals surface area contributed by atoms with E-state index in [1.807, 2.05) is 43.1 Å². The van der Waals surface area contributed by atoms with E-state index in [2.05, 4.69) is 10.1 Å². The van der Waals surface area contributed by atoms with Crippen LogP contribution in [0, 0.1) is 0 Å². The van der Waals surface area contributed by atoms with Crippen molar-refractivity contribution in [3.8, 4) is 17.1 Å². The zero-order chi connectivity index (χ0) is 20.3. The number of primary sulfonamides is 1. The Kier molecular flexibility index (Phi) is 5.78. The molecule has 2 N–H and O–H groups in total. The second-order valence-corrected chi connectivity index (χ2v) is 8.01. The molecule has 1 atom stereocenters. The summed E-state index contributed by atoms with van der Waals surface area (Å²) in [5.41, 5.74) is 1.79. The van der Waals surface area contributed by atoms with Crippen LogP contribution in [-0.4, -0.2) is 37.6 Å². The highest BCUT2D eigenvalue weighted by atomic mass is 32.2. The van der Waals surface area contributed by atoms with Crippen LogP contribution in [0.4, 0.5) is 0 Å². The topological polar surface area (TPSA) is 112 Å². The second-order valence-electron chi connectivity index (χ2n) is 6.45. The van der Waals surface area contributed by atoms with E-state index in [1.165, 1.54) is 12.1 Å². The molecule has 0 aliphatic rings. The molecule has 0 radical (unpaired) electrons. The van der Waals surface area contributed by atoms with Crippen molar-refractivity contribution in [3.63, 3.8) is 0 Å². The first-order valence-electron chi connectivity index (χ1n) is 8.58. The van der Waals surface area contributed by atoms with Crippen molar-refractivity contribution in [3.05, 3.63) is 60.0 Å². The molecule has 28 heavy (non-hydrogen) atoms. The molecule has 0 aliphatic carbocycles. The van der Waals surface area contributed by atoms with E-state index >= 15 is 0 Å². The number of rotatable bonds is 7. The van der Waals surface area contributed by atoms with Gasteiger partial charge in [0.1, 0.15) is 5.75 Å². The van der Waals surface area contributed by atoms with Crippen LogP contribution in [0.1, 0.15) is 24.4 Å². The normalized spacial score (nSPS) is 12.9. The average molecular weight is 402 g/mol. The lowest BCUT2D eigenvalue weighted by atomic mass is 10.1. The maximum Gasteiger partial charge on any atom is 0.241 e. The van der Waals surface area contributed by atoms with E-state index in [0.717, 1.165) is 16.9 Å². The average Bonchev–Trinajstić information content (AvgIpc) is 3.15. The summed E-state index contributed by atoms with van der Waals surface area (Å²) in [6.07, 6.45) is 0. The lowest BCUT2D eigenvalue weighted by molar-refractivity contribution is 0.216. The summed E-state index contributed by atoms with van der Waals surface area (Å²) in [7, 11) is -0.159. The Bertz CT molecular complexity index is 1030. The first-order valence-corrected chi connectivity index (χ1v) is 10.1. The van der Waals surface area contributed by atoms with Gasteiger partial charge in [-0.05, 0) is 55.9 Å². The van der Waals surface area contributed by atoms with Crippen LogP contribution >= 0.6 is 0 Å². The van der Waals surface area contributed by atoms with Gasteiger partial charge in [0.05, 0.1) is 18.6 Å². The summed E-state index contributed by atoms with van der Waals surface area (Å²) in [5, 5.41) is 9.17. The van der Waals surface area contributed by atoms with Crippen molar-refractivity contribution >= 4 is 10.0 Å². The molecular formula is C19H22N4O4S. The third-order valence-electron chi connectivity index (χ3n) is 4.55. The van der Waals surface area contributed by atoms with E-state index < -0.39 is 10.0 Å². The summed E-state index contributed by atoms with van der Waals surface area (Å²) in [4.78, 5) is 6.56. The molecule has 1 unspecified atom stereocenters. The molecule has 3 rings (SSSR count). The molecular weight excluding hydrogens is 380 g/mol. The van der Waals surface area contributed by atoms with Crippen LogP contribution in [-0.2, 0) is 16.6 Å². The van der Waals surface area contributed by atoms with E-state index in [0.29, 0.717) is 18.3 Å². The van der Waals surface area contributed by atoms with E-state index in [1.54, 1.807) is 19.2 Å². The molecule has 0 saturated heterocycles. The molecule has 0 fully saturated rings. The summed E-state index contributed by atoms with van der Waals surface area (Å²) in [6.45, 7) is 2.45. The Labute approximate surface area is 164 Å². The molecule has 2 aromatic carbocycles. The van der Waals surface area contributed by atoms with Crippen molar-refractivity contribution in [2.45, 2.75) is 24.4 Å². The van der Waals surface area contributed by atoms with Gasteiger partial charge in [0.2, 0.25) is 21.7 Å². The first kappa shape index (κ1) is 20.0. The molecule has 8 nitrogen and oxygen atoms in total.